The lowest BCUT2D eigenvalue weighted by Crippen LogP contribution is -2.23. The lowest BCUT2D eigenvalue weighted by molar-refractivity contribution is -0.153. The van der Waals surface area contributed by atoms with E-state index in [9.17, 15) is 14.4 Å². The second-order valence-electron chi connectivity index (χ2n) is 12.3. The fourth-order valence-electron chi connectivity index (χ4n) is 4.39. The van der Waals surface area contributed by atoms with Gasteiger partial charge in [0.2, 0.25) is 0 Å². The van der Waals surface area contributed by atoms with Gasteiger partial charge in [-0.3, -0.25) is 4.79 Å². The van der Waals surface area contributed by atoms with Crippen LogP contribution in [0.25, 0.3) is 0 Å². The van der Waals surface area contributed by atoms with Gasteiger partial charge in [-0.2, -0.15) is 10.2 Å². The van der Waals surface area contributed by atoms with Crippen LogP contribution in [0.15, 0.2) is 101 Å². The number of hydrogen-bond donors (Lipinski definition) is 0. The maximum absolute atomic E-state index is 12.8. The minimum atomic E-state index is -0.543. The monoisotopic (exact) mass is 650 g/mol. The third-order valence-electron chi connectivity index (χ3n) is 7.16. The first-order chi connectivity index (χ1) is 23.0. The number of esters is 3. The van der Waals surface area contributed by atoms with E-state index in [1.807, 2.05) is 39.8 Å². The molecule has 0 aliphatic rings. The Morgan fingerprint density at radius 1 is 0.667 bits per heavy atom. The van der Waals surface area contributed by atoms with Crippen LogP contribution in [0.2, 0.25) is 0 Å². The van der Waals surface area contributed by atoms with Gasteiger partial charge in [0.25, 0.3) is 0 Å². The van der Waals surface area contributed by atoms with Crippen molar-refractivity contribution in [2.75, 3.05) is 13.2 Å². The molecule has 4 rings (SSSR count). The zero-order valence-electron chi connectivity index (χ0n) is 28.2. The Bertz CT molecular complexity index is 1710. The molecule has 250 valence electrons. The van der Waals surface area contributed by atoms with Crippen molar-refractivity contribution in [2.45, 2.75) is 60.3 Å². The number of aryl methyl sites for hydroxylation is 2. The maximum atomic E-state index is 12.8. The van der Waals surface area contributed by atoms with E-state index in [-0.39, 0.29) is 11.7 Å². The Hall–Kier alpha value is -5.31. The number of hydrogen-bond acceptors (Lipinski definition) is 9. The summed E-state index contributed by atoms with van der Waals surface area (Å²) in [6.45, 7) is 10.2. The molecule has 9 heteroatoms. The van der Waals surface area contributed by atoms with Gasteiger partial charge in [-0.15, -0.1) is 0 Å². The molecule has 9 nitrogen and oxygen atoms in total. The highest BCUT2D eigenvalue weighted by Gasteiger charge is 2.22. The Kier molecular flexibility index (Phi) is 12.6. The molecule has 0 amide bonds. The molecule has 0 aliphatic carbocycles. The molecule has 0 fully saturated rings. The molecule has 0 spiro atoms. The molecule has 0 aliphatic heterocycles. The summed E-state index contributed by atoms with van der Waals surface area (Å²) in [6, 6.07) is 26.0. The van der Waals surface area contributed by atoms with E-state index in [0.717, 1.165) is 30.5 Å². The maximum Gasteiger partial charge on any atom is 0.343 e. The molecule has 0 N–H and O–H groups in total. The van der Waals surface area contributed by atoms with Crippen molar-refractivity contribution in [2.24, 2.45) is 15.6 Å². The van der Waals surface area contributed by atoms with Gasteiger partial charge in [-0.05, 0) is 137 Å². The molecular formula is C39H42N2O7. The predicted molar refractivity (Wildman–Crippen MR) is 184 cm³/mol. The number of ether oxygens (including phenoxy) is 4. The first-order valence-electron chi connectivity index (χ1n) is 16.1. The normalized spacial score (nSPS) is 11.3. The number of carbonyl (C=O) groups is 3. The third-order valence-corrected chi connectivity index (χ3v) is 7.16. The number of carbonyl (C=O) groups excluding carboxylic acids is 3. The molecule has 0 aromatic heterocycles. The predicted octanol–water partition coefficient (Wildman–Crippen LogP) is 9.55. The van der Waals surface area contributed by atoms with Crippen LogP contribution in [0.5, 0.6) is 17.2 Å². The van der Waals surface area contributed by atoms with E-state index in [4.69, 9.17) is 18.9 Å². The quantitative estimate of drug-likeness (QED) is 0.0578. The molecule has 0 radical (unpaired) electrons. The summed E-state index contributed by atoms with van der Waals surface area (Å²) in [5.41, 5.74) is 3.56. The zero-order valence-corrected chi connectivity index (χ0v) is 28.2. The van der Waals surface area contributed by atoms with Crippen molar-refractivity contribution < 1.29 is 33.3 Å². The number of azo groups is 1. The lowest BCUT2D eigenvalue weighted by Gasteiger charge is -2.16. The van der Waals surface area contributed by atoms with Gasteiger partial charge >= 0.3 is 17.9 Å². The highest BCUT2D eigenvalue weighted by molar-refractivity contribution is 5.93. The highest BCUT2D eigenvalue weighted by atomic mass is 16.5. The van der Waals surface area contributed by atoms with Crippen molar-refractivity contribution in [3.63, 3.8) is 0 Å². The number of unbranched alkanes of at least 4 members (excludes halogenated alkanes) is 1. The molecule has 0 saturated heterocycles. The summed E-state index contributed by atoms with van der Waals surface area (Å²) >= 11 is 0. The lowest BCUT2D eigenvalue weighted by atomic mass is 9.97. The van der Waals surface area contributed by atoms with Crippen LogP contribution >= 0.6 is 0 Å². The van der Waals surface area contributed by atoms with Gasteiger partial charge < -0.3 is 18.9 Å². The Morgan fingerprint density at radius 3 is 1.83 bits per heavy atom. The molecule has 0 unspecified atom stereocenters. The average molecular weight is 651 g/mol. The van der Waals surface area contributed by atoms with Crippen molar-refractivity contribution in [3.05, 3.63) is 113 Å². The number of nitrogens with zero attached hydrogens (tertiary/aromatic N) is 2. The minimum Gasteiger partial charge on any atom is -0.494 e. The molecule has 48 heavy (non-hydrogen) atoms. The van der Waals surface area contributed by atoms with E-state index in [1.165, 1.54) is 29.8 Å². The third kappa shape index (κ3) is 10.9. The molecule has 0 heterocycles. The highest BCUT2D eigenvalue weighted by Crippen LogP contribution is 2.27. The average Bonchev–Trinajstić information content (AvgIpc) is 3.07. The van der Waals surface area contributed by atoms with Gasteiger partial charge in [0, 0.05) is 0 Å². The molecule has 0 saturated carbocycles. The largest absolute Gasteiger partial charge is 0.494 e. The van der Waals surface area contributed by atoms with E-state index in [1.54, 1.807) is 42.5 Å². The van der Waals surface area contributed by atoms with Crippen LogP contribution < -0.4 is 14.2 Å². The summed E-state index contributed by atoms with van der Waals surface area (Å²) in [7, 11) is 0. The van der Waals surface area contributed by atoms with Gasteiger partial charge in [0.1, 0.15) is 17.2 Å². The first-order valence-corrected chi connectivity index (χ1v) is 16.1. The summed E-state index contributed by atoms with van der Waals surface area (Å²) in [5, 5.41) is 8.61. The molecule has 0 bridgehead atoms. The van der Waals surface area contributed by atoms with Crippen LogP contribution in [0.3, 0.4) is 0 Å². The second-order valence-corrected chi connectivity index (χ2v) is 12.3. The number of benzene rings is 4. The fraction of sp³-hybridized carbons (Fsp3) is 0.308. The molecule has 4 aromatic carbocycles. The van der Waals surface area contributed by atoms with Gasteiger partial charge in [-0.1, -0.05) is 25.5 Å². The smallest absolute Gasteiger partial charge is 0.343 e. The topological polar surface area (TPSA) is 113 Å². The number of rotatable bonds is 14. The fourth-order valence-corrected chi connectivity index (χ4v) is 4.39. The van der Waals surface area contributed by atoms with E-state index >= 15 is 0 Å². The van der Waals surface area contributed by atoms with Crippen LogP contribution in [0.1, 0.15) is 78.8 Å². The van der Waals surface area contributed by atoms with Crippen LogP contribution in [-0.4, -0.2) is 31.1 Å². The zero-order chi connectivity index (χ0) is 34.5. The van der Waals surface area contributed by atoms with Crippen molar-refractivity contribution >= 4 is 29.3 Å². The van der Waals surface area contributed by atoms with Gasteiger partial charge in [0.05, 0.1) is 41.1 Å². The molecule has 0 atom stereocenters. The van der Waals surface area contributed by atoms with Crippen molar-refractivity contribution in [3.8, 4) is 17.2 Å². The Balaban J connectivity index is 1.22. The van der Waals surface area contributed by atoms with Crippen LogP contribution in [0, 0.1) is 12.3 Å². The van der Waals surface area contributed by atoms with Crippen molar-refractivity contribution in [1.82, 2.24) is 0 Å². The van der Waals surface area contributed by atoms with E-state index in [0.29, 0.717) is 47.9 Å². The summed E-state index contributed by atoms with van der Waals surface area (Å²) in [5.74, 6) is 0.00476. The standard InChI is InChI=1S/C39H42N2O7/c1-6-9-28-10-16-31(17-11-28)40-41-32-18-23-35(27(2)26-32)48-37(43)30-14-21-34(22-15-30)47-36(42)29-12-19-33(20-13-29)45-24-7-8-25-46-38(44)39(3,4)5/h10-23,26H,6-9,24-25H2,1-5H3. The SMILES string of the molecule is CCCc1ccc(N=Nc2ccc(OC(=O)c3ccc(OC(=O)c4ccc(OCCCCOC(=O)C(C)(C)C)cc4)cc3)c(C)c2)cc1. The Morgan fingerprint density at radius 2 is 1.23 bits per heavy atom. The van der Waals surface area contributed by atoms with Crippen LogP contribution in [-0.2, 0) is 16.0 Å². The summed E-state index contributed by atoms with van der Waals surface area (Å²) < 4.78 is 22.0. The van der Waals surface area contributed by atoms with Gasteiger partial charge in [-0.25, -0.2) is 9.59 Å². The molecular weight excluding hydrogens is 608 g/mol. The van der Waals surface area contributed by atoms with E-state index in [2.05, 4.69) is 29.3 Å². The van der Waals surface area contributed by atoms with Crippen LogP contribution in [0.4, 0.5) is 11.4 Å². The van der Waals surface area contributed by atoms with Gasteiger partial charge in [0.15, 0.2) is 0 Å². The van der Waals surface area contributed by atoms with E-state index < -0.39 is 17.4 Å². The Labute approximate surface area is 281 Å². The second kappa shape index (κ2) is 17.0. The summed E-state index contributed by atoms with van der Waals surface area (Å²) in [6.07, 6.45) is 3.54. The minimum absolute atomic E-state index is 0.221. The molecule has 4 aromatic rings. The first kappa shape index (κ1) is 35.5. The van der Waals surface area contributed by atoms with Crippen molar-refractivity contribution in [1.29, 1.82) is 0 Å². The summed E-state index contributed by atoms with van der Waals surface area (Å²) in [4.78, 5) is 37.3.